The summed E-state index contributed by atoms with van der Waals surface area (Å²) in [6.45, 7) is 0.561. The molecule has 2 aliphatic rings. The van der Waals surface area contributed by atoms with Gasteiger partial charge < -0.3 is 20.5 Å². The number of benzene rings is 2. The van der Waals surface area contributed by atoms with Crippen molar-refractivity contribution in [1.82, 2.24) is 20.4 Å². The summed E-state index contributed by atoms with van der Waals surface area (Å²) in [7, 11) is 1.69. The zero-order chi connectivity index (χ0) is 24.5. The lowest BCUT2D eigenvalue weighted by molar-refractivity contribution is -0.138. The summed E-state index contributed by atoms with van der Waals surface area (Å²) in [6, 6.07) is 16.2. The van der Waals surface area contributed by atoms with Crippen LogP contribution in [-0.4, -0.2) is 46.0 Å². The number of carboxylic acid groups (broad SMARTS) is 1. The van der Waals surface area contributed by atoms with Crippen LogP contribution in [0, 0.1) is 11.8 Å². The molecule has 1 fully saturated rings. The van der Waals surface area contributed by atoms with Crippen LogP contribution in [0.15, 0.2) is 54.7 Å². The third-order valence-electron chi connectivity index (χ3n) is 6.81. The van der Waals surface area contributed by atoms with Gasteiger partial charge in [0.1, 0.15) is 6.61 Å². The fraction of sp³-hybridized carbons (Fsp3) is 0.308. The summed E-state index contributed by atoms with van der Waals surface area (Å²) >= 11 is 0. The van der Waals surface area contributed by atoms with E-state index in [0.29, 0.717) is 24.2 Å². The van der Waals surface area contributed by atoms with Gasteiger partial charge in [-0.3, -0.25) is 14.3 Å². The third kappa shape index (κ3) is 4.49. The van der Waals surface area contributed by atoms with E-state index in [-0.39, 0.29) is 36.8 Å². The second-order valence-corrected chi connectivity index (χ2v) is 8.96. The van der Waals surface area contributed by atoms with Gasteiger partial charge in [0, 0.05) is 19.5 Å². The Hall–Kier alpha value is -4.14. The average Bonchev–Trinajstić information content (AvgIpc) is 3.46. The third-order valence-corrected chi connectivity index (χ3v) is 6.81. The van der Waals surface area contributed by atoms with E-state index in [2.05, 4.69) is 40.0 Å². The molecular weight excluding hydrogens is 448 g/mol. The molecule has 0 aliphatic heterocycles. The van der Waals surface area contributed by atoms with Gasteiger partial charge in [0.15, 0.2) is 0 Å². The van der Waals surface area contributed by atoms with E-state index in [9.17, 15) is 14.4 Å². The lowest BCUT2D eigenvalue weighted by atomic mass is 9.98. The van der Waals surface area contributed by atoms with Gasteiger partial charge in [-0.2, -0.15) is 5.10 Å². The number of hydrogen-bond acceptors (Lipinski definition) is 5. The summed E-state index contributed by atoms with van der Waals surface area (Å²) in [4.78, 5) is 36.1. The molecule has 2 aromatic carbocycles. The molecule has 3 aromatic rings. The average molecular weight is 475 g/mol. The number of carbonyl (C=O) groups excluding carboxylic acids is 2. The van der Waals surface area contributed by atoms with Crippen molar-refractivity contribution in [2.45, 2.75) is 18.9 Å². The van der Waals surface area contributed by atoms with Crippen molar-refractivity contribution in [1.29, 1.82) is 0 Å². The van der Waals surface area contributed by atoms with Crippen LogP contribution >= 0.6 is 0 Å². The number of aliphatic carboxylic acids is 1. The van der Waals surface area contributed by atoms with Gasteiger partial charge in [0.25, 0.3) is 5.91 Å². The first-order valence-corrected chi connectivity index (χ1v) is 11.5. The Morgan fingerprint density at radius 2 is 1.71 bits per heavy atom. The van der Waals surface area contributed by atoms with Crippen LogP contribution in [0.2, 0.25) is 0 Å². The monoisotopic (exact) mass is 474 g/mol. The molecule has 0 spiro atoms. The van der Waals surface area contributed by atoms with Crippen LogP contribution in [0.1, 0.15) is 39.5 Å². The van der Waals surface area contributed by atoms with Crippen molar-refractivity contribution < 1.29 is 24.2 Å². The van der Waals surface area contributed by atoms with E-state index in [0.717, 1.165) is 22.3 Å². The van der Waals surface area contributed by atoms with Crippen LogP contribution in [0.25, 0.3) is 11.1 Å². The number of fused-ring (bicyclic) bond motifs is 3. The van der Waals surface area contributed by atoms with Crippen LogP contribution < -0.4 is 10.6 Å². The number of aryl methyl sites for hydroxylation is 1. The van der Waals surface area contributed by atoms with E-state index in [1.54, 1.807) is 7.05 Å². The Kier molecular flexibility index (Phi) is 5.98. The molecular formula is C26H26N4O5. The Morgan fingerprint density at radius 3 is 2.34 bits per heavy atom. The molecule has 1 heterocycles. The van der Waals surface area contributed by atoms with E-state index in [1.807, 2.05) is 24.3 Å². The smallest absolute Gasteiger partial charge is 0.407 e. The highest BCUT2D eigenvalue weighted by Crippen LogP contribution is 2.44. The fourth-order valence-electron chi connectivity index (χ4n) is 4.76. The predicted molar refractivity (Wildman–Crippen MR) is 127 cm³/mol. The molecule has 2 aliphatic carbocycles. The molecule has 1 aromatic heterocycles. The molecule has 9 nitrogen and oxygen atoms in total. The highest BCUT2D eigenvalue weighted by Gasteiger charge is 2.43. The number of hydrogen-bond donors (Lipinski definition) is 3. The molecule has 3 N–H and O–H groups in total. The van der Waals surface area contributed by atoms with Gasteiger partial charge in [-0.15, -0.1) is 0 Å². The number of nitrogens with one attached hydrogen (secondary N) is 2. The number of nitrogens with zero attached hydrogens (tertiary/aromatic N) is 2. The normalized spacial score (nSPS) is 17.9. The summed E-state index contributed by atoms with van der Waals surface area (Å²) in [5.41, 5.74) is 5.44. The SMILES string of the molecule is Cn1ncc(C(=O)NC[C@H]2C[C@H]2C(=O)O)c1CNC(=O)OCC1c2ccccc2-c2ccccc21. The molecule has 0 radical (unpaired) electrons. The maximum atomic E-state index is 12.6. The summed E-state index contributed by atoms with van der Waals surface area (Å²) < 4.78 is 7.09. The number of carbonyl (C=O) groups is 3. The number of carboxylic acids is 1. The second kappa shape index (κ2) is 9.25. The van der Waals surface area contributed by atoms with Gasteiger partial charge in [0.2, 0.25) is 0 Å². The Labute approximate surface area is 202 Å². The van der Waals surface area contributed by atoms with Gasteiger partial charge in [0.05, 0.1) is 29.9 Å². The van der Waals surface area contributed by atoms with Crippen molar-refractivity contribution in [3.05, 3.63) is 77.1 Å². The van der Waals surface area contributed by atoms with Crippen molar-refractivity contribution in [2.75, 3.05) is 13.2 Å². The largest absolute Gasteiger partial charge is 0.481 e. The van der Waals surface area contributed by atoms with Gasteiger partial charge in [-0.1, -0.05) is 48.5 Å². The molecule has 35 heavy (non-hydrogen) atoms. The quantitative estimate of drug-likeness (QED) is 0.461. The number of alkyl carbamates (subject to hydrolysis) is 1. The zero-order valence-corrected chi connectivity index (χ0v) is 19.2. The minimum atomic E-state index is -0.835. The molecule has 1 saturated carbocycles. The number of rotatable bonds is 8. The fourth-order valence-corrected chi connectivity index (χ4v) is 4.76. The molecule has 2 atom stereocenters. The summed E-state index contributed by atoms with van der Waals surface area (Å²) in [5.74, 6) is -1.66. The first-order chi connectivity index (χ1) is 16.9. The Bertz CT molecular complexity index is 1250. The standard InChI is InChI=1S/C26H26N4O5/c1-30-23(21(12-29-30)24(31)27-11-15-10-20(15)25(32)33)13-28-26(34)35-14-22-18-8-4-2-6-16(18)17-7-3-5-9-19(17)22/h2-9,12,15,20,22H,10-11,13-14H2,1H3,(H,27,31)(H,28,34)(H,32,33)/t15-,20-/m1/s1. The first kappa shape index (κ1) is 22.6. The lowest BCUT2D eigenvalue weighted by Gasteiger charge is -2.15. The van der Waals surface area contributed by atoms with Crippen LogP contribution in [0.4, 0.5) is 4.79 Å². The zero-order valence-electron chi connectivity index (χ0n) is 19.2. The van der Waals surface area contributed by atoms with Gasteiger partial charge in [-0.25, -0.2) is 4.79 Å². The summed E-state index contributed by atoms with van der Waals surface area (Å²) in [5, 5.41) is 18.6. The van der Waals surface area contributed by atoms with E-state index < -0.39 is 12.1 Å². The molecule has 9 heteroatoms. The second-order valence-electron chi connectivity index (χ2n) is 8.96. The highest BCUT2D eigenvalue weighted by atomic mass is 16.5. The van der Waals surface area contributed by atoms with Crippen LogP contribution in [0.5, 0.6) is 0 Å². The minimum absolute atomic E-state index is 0.0387. The predicted octanol–water partition coefficient (Wildman–Crippen LogP) is 2.91. The number of aromatic nitrogens is 2. The van der Waals surface area contributed by atoms with Gasteiger partial charge >= 0.3 is 12.1 Å². The number of ether oxygens (including phenoxy) is 1. The Morgan fingerprint density at radius 1 is 1.06 bits per heavy atom. The first-order valence-electron chi connectivity index (χ1n) is 11.5. The van der Waals surface area contributed by atoms with E-state index in [1.165, 1.54) is 10.9 Å². The van der Waals surface area contributed by atoms with E-state index in [4.69, 9.17) is 9.84 Å². The van der Waals surface area contributed by atoms with Crippen LogP contribution in [0.3, 0.4) is 0 Å². The van der Waals surface area contributed by atoms with E-state index >= 15 is 0 Å². The maximum Gasteiger partial charge on any atom is 0.407 e. The van der Waals surface area contributed by atoms with Crippen molar-refractivity contribution >= 4 is 18.0 Å². The van der Waals surface area contributed by atoms with Crippen molar-refractivity contribution in [3.63, 3.8) is 0 Å². The van der Waals surface area contributed by atoms with Gasteiger partial charge in [-0.05, 0) is 34.6 Å². The van der Waals surface area contributed by atoms with Crippen molar-refractivity contribution in [2.24, 2.45) is 18.9 Å². The molecule has 2 amide bonds. The maximum absolute atomic E-state index is 12.6. The molecule has 0 unspecified atom stereocenters. The highest BCUT2D eigenvalue weighted by molar-refractivity contribution is 5.95. The van der Waals surface area contributed by atoms with Crippen molar-refractivity contribution in [3.8, 4) is 11.1 Å². The molecule has 180 valence electrons. The number of amides is 2. The molecule has 0 saturated heterocycles. The summed E-state index contributed by atoms with van der Waals surface area (Å²) in [6.07, 6.45) is 1.42. The van der Waals surface area contributed by atoms with Crippen LogP contribution in [-0.2, 0) is 23.1 Å². The lowest BCUT2D eigenvalue weighted by Crippen LogP contribution is -2.30. The minimum Gasteiger partial charge on any atom is -0.481 e. The Balaban J connectivity index is 1.17. The topological polar surface area (TPSA) is 123 Å². The molecule has 0 bridgehead atoms. The molecule has 5 rings (SSSR count).